The monoisotopic (exact) mass is 450 g/mol. The van der Waals surface area contributed by atoms with Crippen LogP contribution < -0.4 is 0 Å². The molecule has 0 aliphatic heterocycles. The largest absolute Gasteiger partial charge is 0.388 e. The van der Waals surface area contributed by atoms with Gasteiger partial charge in [0.1, 0.15) is 5.82 Å². The molecule has 0 fully saturated rings. The molecule has 2 rings (SSSR count). The molecule has 0 saturated carbocycles. The van der Waals surface area contributed by atoms with Gasteiger partial charge in [0.05, 0.1) is 10.6 Å². The third-order valence-electron chi connectivity index (χ3n) is 2.68. The van der Waals surface area contributed by atoms with Crippen molar-refractivity contribution in [2.45, 2.75) is 12.5 Å². The van der Waals surface area contributed by atoms with E-state index in [1.165, 1.54) is 6.07 Å². The molecule has 1 N–H and O–H groups in total. The first-order valence-corrected chi connectivity index (χ1v) is 7.91. The lowest BCUT2D eigenvalue weighted by Gasteiger charge is -2.12. The van der Waals surface area contributed by atoms with Gasteiger partial charge in [-0.15, -0.1) is 0 Å². The second kappa shape index (κ2) is 6.48. The Labute approximate surface area is 136 Å². The van der Waals surface area contributed by atoms with E-state index in [2.05, 4.69) is 47.8 Å². The van der Waals surface area contributed by atoms with Crippen LogP contribution in [0.5, 0.6) is 0 Å². The predicted octanol–water partition coefficient (Wildman–Crippen LogP) is 5.39. The normalized spacial score (nSPS) is 12.5. The van der Waals surface area contributed by atoms with Crippen molar-refractivity contribution in [3.05, 3.63) is 66.8 Å². The molecule has 1 nitrogen and oxygen atoms in total. The number of hydrogen-bond acceptors (Lipinski definition) is 1. The maximum atomic E-state index is 13.1. The smallest absolute Gasteiger partial charge is 0.137 e. The summed E-state index contributed by atoms with van der Waals surface area (Å²) in [5.41, 5.74) is 1.68. The summed E-state index contributed by atoms with van der Waals surface area (Å²) in [5, 5.41) is 10.2. The zero-order chi connectivity index (χ0) is 14.0. The first-order valence-electron chi connectivity index (χ1n) is 5.53. The summed E-state index contributed by atoms with van der Waals surface area (Å²) >= 11 is 9.92. The van der Waals surface area contributed by atoms with Crippen LogP contribution in [0.4, 0.5) is 4.39 Å². The summed E-state index contributed by atoms with van der Waals surface area (Å²) < 4.78 is 15.4. The summed E-state index contributed by atoms with van der Waals surface area (Å²) in [4.78, 5) is 0. The Morgan fingerprint density at radius 2 is 1.63 bits per heavy atom. The molecule has 0 saturated heterocycles. The number of aliphatic hydroxyl groups is 1. The van der Waals surface area contributed by atoms with E-state index in [1.807, 2.05) is 18.2 Å². The molecule has 0 spiro atoms. The van der Waals surface area contributed by atoms with Gasteiger partial charge in [0.15, 0.2) is 0 Å². The Kier molecular flexibility index (Phi) is 5.17. The van der Waals surface area contributed by atoms with E-state index in [0.29, 0.717) is 10.9 Å². The third kappa shape index (κ3) is 4.12. The van der Waals surface area contributed by atoms with Crippen LogP contribution in [0.25, 0.3) is 0 Å². The lowest BCUT2D eigenvalue weighted by atomic mass is 10.0. The highest BCUT2D eigenvalue weighted by Gasteiger charge is 2.11. The van der Waals surface area contributed by atoms with Crippen molar-refractivity contribution in [3.8, 4) is 0 Å². The Hall–Kier alpha value is -0.230. The van der Waals surface area contributed by atoms with Crippen LogP contribution in [0.2, 0.25) is 0 Å². The molecule has 0 aliphatic carbocycles. The van der Waals surface area contributed by atoms with Crippen LogP contribution in [0.1, 0.15) is 17.2 Å². The van der Waals surface area contributed by atoms with Gasteiger partial charge in [-0.3, -0.25) is 0 Å². The average molecular weight is 453 g/mol. The fourth-order valence-electron chi connectivity index (χ4n) is 1.78. The summed E-state index contributed by atoms with van der Waals surface area (Å²) in [6.07, 6.45) is -0.201. The van der Waals surface area contributed by atoms with Crippen LogP contribution >= 0.6 is 47.8 Å². The Morgan fingerprint density at radius 3 is 2.21 bits per heavy atom. The van der Waals surface area contributed by atoms with Gasteiger partial charge < -0.3 is 5.11 Å². The van der Waals surface area contributed by atoms with Gasteiger partial charge in [0, 0.05) is 15.4 Å². The molecule has 0 aliphatic rings. The molecule has 1 unspecified atom stereocenters. The summed E-state index contributed by atoms with van der Waals surface area (Å²) in [5.74, 6) is -0.302. The standard InChI is InChI=1S/C14H10Br3FO/c15-10-5-9(6-11(16)7-10)14(19)4-8-1-2-13(18)12(17)3-8/h1-3,5-7,14,19H,4H2. The van der Waals surface area contributed by atoms with Gasteiger partial charge in [-0.25, -0.2) is 4.39 Å². The minimum atomic E-state index is -0.633. The second-order valence-corrected chi connectivity index (χ2v) is 6.86. The van der Waals surface area contributed by atoms with E-state index >= 15 is 0 Å². The van der Waals surface area contributed by atoms with Gasteiger partial charge in [-0.2, -0.15) is 0 Å². The SMILES string of the molecule is OC(Cc1ccc(F)c(Br)c1)c1cc(Br)cc(Br)c1. The van der Waals surface area contributed by atoms with Gasteiger partial charge in [0.25, 0.3) is 0 Å². The van der Waals surface area contributed by atoms with Crippen molar-refractivity contribution in [2.75, 3.05) is 0 Å². The molecule has 1 atom stereocenters. The van der Waals surface area contributed by atoms with Crippen molar-refractivity contribution in [1.82, 2.24) is 0 Å². The van der Waals surface area contributed by atoms with Crippen LogP contribution in [0.15, 0.2) is 49.8 Å². The first kappa shape index (κ1) is 15.2. The Balaban J connectivity index is 2.20. The van der Waals surface area contributed by atoms with E-state index in [9.17, 15) is 9.50 Å². The Morgan fingerprint density at radius 1 is 1.00 bits per heavy atom. The van der Waals surface area contributed by atoms with E-state index in [0.717, 1.165) is 20.1 Å². The highest BCUT2D eigenvalue weighted by molar-refractivity contribution is 9.11. The molecule has 0 radical (unpaired) electrons. The summed E-state index contributed by atoms with van der Waals surface area (Å²) in [6.45, 7) is 0. The molecule has 0 aromatic heterocycles. The zero-order valence-corrected chi connectivity index (χ0v) is 14.5. The van der Waals surface area contributed by atoms with Crippen molar-refractivity contribution in [3.63, 3.8) is 0 Å². The number of aliphatic hydroxyl groups excluding tert-OH is 1. The van der Waals surface area contributed by atoms with Crippen molar-refractivity contribution in [1.29, 1.82) is 0 Å². The van der Waals surface area contributed by atoms with E-state index in [4.69, 9.17) is 0 Å². The third-order valence-corrected chi connectivity index (χ3v) is 4.21. The van der Waals surface area contributed by atoms with Gasteiger partial charge in [-0.05, 0) is 57.4 Å². The highest BCUT2D eigenvalue weighted by atomic mass is 79.9. The molecule has 2 aromatic rings. The fraction of sp³-hybridized carbons (Fsp3) is 0.143. The summed E-state index contributed by atoms with van der Waals surface area (Å²) in [7, 11) is 0. The van der Waals surface area contributed by atoms with E-state index in [-0.39, 0.29) is 5.82 Å². The van der Waals surface area contributed by atoms with Crippen molar-refractivity contribution in [2.24, 2.45) is 0 Å². The maximum Gasteiger partial charge on any atom is 0.137 e. The minimum Gasteiger partial charge on any atom is -0.388 e. The lowest BCUT2D eigenvalue weighted by Crippen LogP contribution is -2.02. The first-order chi connectivity index (χ1) is 8.95. The zero-order valence-electron chi connectivity index (χ0n) is 9.71. The number of halogens is 4. The number of hydrogen-bond donors (Lipinski definition) is 1. The molecule has 19 heavy (non-hydrogen) atoms. The van der Waals surface area contributed by atoms with Crippen molar-refractivity contribution < 1.29 is 9.50 Å². The molecular weight excluding hydrogens is 443 g/mol. The van der Waals surface area contributed by atoms with Gasteiger partial charge >= 0.3 is 0 Å². The molecule has 0 bridgehead atoms. The molecule has 5 heteroatoms. The van der Waals surface area contributed by atoms with Gasteiger partial charge in [0.2, 0.25) is 0 Å². The maximum absolute atomic E-state index is 13.1. The lowest BCUT2D eigenvalue weighted by molar-refractivity contribution is 0.178. The molecule has 100 valence electrons. The number of rotatable bonds is 3. The van der Waals surface area contributed by atoms with E-state index in [1.54, 1.807) is 12.1 Å². The molecule has 0 heterocycles. The highest BCUT2D eigenvalue weighted by Crippen LogP contribution is 2.27. The molecular formula is C14H10Br3FO. The molecule has 2 aromatic carbocycles. The van der Waals surface area contributed by atoms with Crippen LogP contribution in [0.3, 0.4) is 0 Å². The average Bonchev–Trinajstić information content (AvgIpc) is 2.32. The quantitative estimate of drug-likeness (QED) is 0.662. The number of benzene rings is 2. The van der Waals surface area contributed by atoms with Crippen LogP contribution in [-0.2, 0) is 6.42 Å². The Bertz CT molecular complexity index is 581. The fourth-order valence-corrected chi connectivity index (χ4v) is 3.53. The predicted molar refractivity (Wildman–Crippen MR) is 84.6 cm³/mol. The minimum absolute atomic E-state index is 0.302. The van der Waals surface area contributed by atoms with Crippen LogP contribution in [0, 0.1) is 5.82 Å². The topological polar surface area (TPSA) is 20.2 Å². The summed E-state index contributed by atoms with van der Waals surface area (Å²) in [6, 6.07) is 10.4. The molecule has 0 amide bonds. The van der Waals surface area contributed by atoms with Gasteiger partial charge in [-0.1, -0.05) is 37.9 Å². The van der Waals surface area contributed by atoms with Crippen LogP contribution in [-0.4, -0.2) is 5.11 Å². The second-order valence-electron chi connectivity index (χ2n) is 4.17. The van der Waals surface area contributed by atoms with E-state index < -0.39 is 6.10 Å². The van der Waals surface area contributed by atoms with Crippen molar-refractivity contribution >= 4 is 47.8 Å².